The van der Waals surface area contributed by atoms with Crippen LogP contribution < -0.4 is 10.6 Å². The van der Waals surface area contributed by atoms with E-state index in [4.69, 9.17) is 4.42 Å². The summed E-state index contributed by atoms with van der Waals surface area (Å²) < 4.78 is 18.9. The predicted molar refractivity (Wildman–Crippen MR) is 102 cm³/mol. The van der Waals surface area contributed by atoms with Crippen LogP contribution >= 0.6 is 24.0 Å². The highest BCUT2D eigenvalue weighted by atomic mass is 127. The van der Waals surface area contributed by atoms with E-state index >= 15 is 0 Å². The van der Waals surface area contributed by atoms with Crippen molar-refractivity contribution in [3.05, 3.63) is 72.5 Å². The first kappa shape index (κ1) is 19.2. The van der Waals surface area contributed by atoms with Crippen LogP contribution in [0.5, 0.6) is 0 Å². The lowest BCUT2D eigenvalue weighted by atomic mass is 10.2. The minimum absolute atomic E-state index is 0. The second kappa shape index (κ2) is 10.8. The molecule has 6 heteroatoms. The molecular weight excluding hydrogens is 408 g/mol. The second-order valence-corrected chi connectivity index (χ2v) is 4.68. The van der Waals surface area contributed by atoms with Gasteiger partial charge in [-0.3, -0.25) is 0 Å². The van der Waals surface area contributed by atoms with E-state index in [-0.39, 0.29) is 36.3 Å². The Bertz CT molecular complexity index is 614. The monoisotopic (exact) mass is 429 g/mol. The molecule has 2 N–H and O–H groups in total. The standard InChI is InChI=1S/C17H20FN3O.HI/c1-2-10-19-17(20-11-9-15-7-5-12-22-15)21-13-14-6-3-4-8-16(14)18;/h2-8,12H,1,9-11,13H2,(H2,19,20,21);1H. The maximum absolute atomic E-state index is 13.6. The van der Waals surface area contributed by atoms with Gasteiger partial charge < -0.3 is 15.1 Å². The van der Waals surface area contributed by atoms with Crippen LogP contribution in [0.2, 0.25) is 0 Å². The van der Waals surface area contributed by atoms with Gasteiger partial charge in [0.1, 0.15) is 11.6 Å². The molecule has 0 aliphatic carbocycles. The summed E-state index contributed by atoms with van der Waals surface area (Å²) in [6.45, 7) is 5.20. The molecule has 1 aromatic carbocycles. The molecule has 0 fully saturated rings. The van der Waals surface area contributed by atoms with Crippen molar-refractivity contribution < 1.29 is 8.81 Å². The Labute approximate surface area is 152 Å². The van der Waals surface area contributed by atoms with Gasteiger partial charge in [-0.2, -0.15) is 0 Å². The first-order valence-corrected chi connectivity index (χ1v) is 7.18. The van der Waals surface area contributed by atoms with Crippen molar-refractivity contribution in [2.45, 2.75) is 13.0 Å². The largest absolute Gasteiger partial charge is 0.469 e. The van der Waals surface area contributed by atoms with Crippen molar-refractivity contribution in [2.24, 2.45) is 4.99 Å². The van der Waals surface area contributed by atoms with Gasteiger partial charge in [0.15, 0.2) is 5.96 Å². The highest BCUT2D eigenvalue weighted by Crippen LogP contribution is 2.07. The Morgan fingerprint density at radius 3 is 2.74 bits per heavy atom. The van der Waals surface area contributed by atoms with Crippen LogP contribution in [-0.4, -0.2) is 19.0 Å². The zero-order valence-corrected chi connectivity index (χ0v) is 15.1. The van der Waals surface area contributed by atoms with Gasteiger partial charge in [0.25, 0.3) is 0 Å². The number of nitrogens with zero attached hydrogens (tertiary/aromatic N) is 1. The molecule has 0 bridgehead atoms. The summed E-state index contributed by atoms with van der Waals surface area (Å²) in [7, 11) is 0. The SMILES string of the molecule is C=CCNC(=NCc1ccccc1F)NCCc1ccco1.I. The Kier molecular flexibility index (Phi) is 9.04. The van der Waals surface area contributed by atoms with Crippen molar-refractivity contribution in [3.63, 3.8) is 0 Å². The average molecular weight is 429 g/mol. The molecule has 124 valence electrons. The normalized spacial score (nSPS) is 10.7. The lowest BCUT2D eigenvalue weighted by Gasteiger charge is -2.11. The molecule has 0 aliphatic rings. The first-order valence-electron chi connectivity index (χ1n) is 7.18. The van der Waals surface area contributed by atoms with Crippen molar-refractivity contribution in [1.29, 1.82) is 0 Å². The summed E-state index contributed by atoms with van der Waals surface area (Å²) in [6.07, 6.45) is 4.15. The molecule has 0 saturated carbocycles. The molecule has 23 heavy (non-hydrogen) atoms. The zero-order valence-electron chi connectivity index (χ0n) is 12.8. The van der Waals surface area contributed by atoms with Gasteiger partial charge in [0.2, 0.25) is 0 Å². The van der Waals surface area contributed by atoms with Crippen LogP contribution in [0.4, 0.5) is 4.39 Å². The Morgan fingerprint density at radius 2 is 2.04 bits per heavy atom. The fourth-order valence-corrected chi connectivity index (χ4v) is 1.89. The molecule has 1 aromatic heterocycles. The van der Waals surface area contributed by atoms with Crippen LogP contribution in [0.1, 0.15) is 11.3 Å². The number of rotatable bonds is 7. The summed E-state index contributed by atoms with van der Waals surface area (Å²) in [6, 6.07) is 10.4. The molecule has 0 aliphatic heterocycles. The summed E-state index contributed by atoms with van der Waals surface area (Å²) in [5.74, 6) is 1.28. The van der Waals surface area contributed by atoms with E-state index in [0.717, 1.165) is 12.2 Å². The van der Waals surface area contributed by atoms with Gasteiger partial charge in [-0.1, -0.05) is 24.3 Å². The molecular formula is C17H21FIN3O. The number of hydrogen-bond acceptors (Lipinski definition) is 2. The lowest BCUT2D eigenvalue weighted by Crippen LogP contribution is -2.38. The van der Waals surface area contributed by atoms with E-state index in [1.165, 1.54) is 6.07 Å². The van der Waals surface area contributed by atoms with Crippen LogP contribution in [0.3, 0.4) is 0 Å². The molecule has 0 radical (unpaired) electrons. The van der Waals surface area contributed by atoms with Crippen LogP contribution in [-0.2, 0) is 13.0 Å². The highest BCUT2D eigenvalue weighted by molar-refractivity contribution is 14.0. The van der Waals surface area contributed by atoms with Crippen molar-refractivity contribution in [3.8, 4) is 0 Å². The van der Waals surface area contributed by atoms with Crippen LogP contribution in [0.25, 0.3) is 0 Å². The third kappa shape index (κ3) is 6.85. The van der Waals surface area contributed by atoms with E-state index < -0.39 is 0 Å². The molecule has 0 amide bonds. The second-order valence-electron chi connectivity index (χ2n) is 4.68. The third-order valence-corrected chi connectivity index (χ3v) is 3.02. The molecule has 2 rings (SSSR count). The molecule has 0 saturated heterocycles. The van der Waals surface area contributed by atoms with Gasteiger partial charge in [0, 0.05) is 25.1 Å². The Hall–Kier alpha value is -1.83. The minimum atomic E-state index is -0.245. The summed E-state index contributed by atoms with van der Waals surface area (Å²) in [5, 5.41) is 6.30. The maximum atomic E-state index is 13.6. The number of hydrogen-bond donors (Lipinski definition) is 2. The first-order chi connectivity index (χ1) is 10.8. The van der Waals surface area contributed by atoms with E-state index in [2.05, 4.69) is 22.2 Å². The topological polar surface area (TPSA) is 49.6 Å². The summed E-state index contributed by atoms with van der Waals surface area (Å²) in [4.78, 5) is 4.39. The smallest absolute Gasteiger partial charge is 0.191 e. The van der Waals surface area contributed by atoms with Crippen LogP contribution in [0.15, 0.2) is 64.7 Å². The third-order valence-electron chi connectivity index (χ3n) is 3.02. The zero-order chi connectivity index (χ0) is 15.6. The van der Waals surface area contributed by atoms with E-state index in [1.54, 1.807) is 30.5 Å². The van der Waals surface area contributed by atoms with Gasteiger partial charge in [-0.25, -0.2) is 9.38 Å². The quantitative estimate of drug-likeness (QED) is 0.307. The molecule has 2 aromatic rings. The van der Waals surface area contributed by atoms with E-state index in [0.29, 0.717) is 24.6 Å². The molecule has 0 spiro atoms. The Balaban J connectivity index is 0.00000264. The molecule has 4 nitrogen and oxygen atoms in total. The van der Waals surface area contributed by atoms with Crippen molar-refractivity contribution in [2.75, 3.05) is 13.1 Å². The average Bonchev–Trinajstić information content (AvgIpc) is 3.04. The van der Waals surface area contributed by atoms with Gasteiger partial charge in [0.05, 0.1) is 12.8 Å². The fourth-order valence-electron chi connectivity index (χ4n) is 1.89. The number of halogens is 2. The lowest BCUT2D eigenvalue weighted by molar-refractivity contribution is 0.507. The maximum Gasteiger partial charge on any atom is 0.191 e. The van der Waals surface area contributed by atoms with Crippen LogP contribution in [0, 0.1) is 5.82 Å². The van der Waals surface area contributed by atoms with E-state index in [9.17, 15) is 4.39 Å². The van der Waals surface area contributed by atoms with E-state index in [1.807, 2.05) is 12.1 Å². The number of nitrogens with one attached hydrogen (secondary N) is 2. The summed E-state index contributed by atoms with van der Waals surface area (Å²) in [5.41, 5.74) is 0.563. The Morgan fingerprint density at radius 1 is 1.22 bits per heavy atom. The van der Waals surface area contributed by atoms with Gasteiger partial charge >= 0.3 is 0 Å². The minimum Gasteiger partial charge on any atom is -0.469 e. The van der Waals surface area contributed by atoms with Gasteiger partial charge in [-0.15, -0.1) is 30.6 Å². The van der Waals surface area contributed by atoms with Crippen molar-refractivity contribution in [1.82, 2.24) is 10.6 Å². The molecule has 1 heterocycles. The van der Waals surface area contributed by atoms with Crippen molar-refractivity contribution >= 4 is 29.9 Å². The number of guanidine groups is 1. The molecule has 0 atom stereocenters. The number of benzene rings is 1. The highest BCUT2D eigenvalue weighted by Gasteiger charge is 2.02. The predicted octanol–water partition coefficient (Wildman–Crippen LogP) is 3.50. The number of aliphatic imine (C=N–C) groups is 1. The summed E-state index contributed by atoms with van der Waals surface area (Å²) >= 11 is 0. The fraction of sp³-hybridized carbons (Fsp3) is 0.235. The van der Waals surface area contributed by atoms with Gasteiger partial charge in [-0.05, 0) is 18.2 Å². The molecule has 0 unspecified atom stereocenters. The number of furan rings is 1.